The number of nitrogens with zero attached hydrogens (tertiary/aromatic N) is 4. The Morgan fingerprint density at radius 1 is 1.33 bits per heavy atom. The lowest BCUT2D eigenvalue weighted by molar-refractivity contribution is 0.734. The molecule has 2 aromatic heterocycles. The van der Waals surface area contributed by atoms with Gasteiger partial charge in [0, 0.05) is 18.4 Å². The summed E-state index contributed by atoms with van der Waals surface area (Å²) in [6, 6.07) is 0.506. The Kier molecular flexibility index (Phi) is 1.88. The summed E-state index contributed by atoms with van der Waals surface area (Å²) in [5.74, 6) is 0.836. The molecule has 3 rings (SSSR count). The van der Waals surface area contributed by atoms with Crippen molar-refractivity contribution < 1.29 is 0 Å². The van der Waals surface area contributed by atoms with Crippen LogP contribution in [-0.4, -0.2) is 24.7 Å². The van der Waals surface area contributed by atoms with Crippen LogP contribution < -0.4 is 0 Å². The van der Waals surface area contributed by atoms with E-state index in [1.807, 2.05) is 4.57 Å². The van der Waals surface area contributed by atoms with Crippen LogP contribution in [0.15, 0.2) is 18.7 Å². The van der Waals surface area contributed by atoms with Crippen LogP contribution in [0.25, 0.3) is 11.4 Å². The lowest BCUT2D eigenvalue weighted by Gasteiger charge is -2.02. The van der Waals surface area contributed by atoms with Crippen molar-refractivity contribution in [1.82, 2.24) is 24.7 Å². The molecule has 15 heavy (non-hydrogen) atoms. The van der Waals surface area contributed by atoms with Gasteiger partial charge in [-0.25, -0.2) is 9.97 Å². The van der Waals surface area contributed by atoms with Gasteiger partial charge in [0.25, 0.3) is 0 Å². The molecule has 0 atom stereocenters. The zero-order valence-corrected chi connectivity index (χ0v) is 8.74. The molecule has 1 saturated carbocycles. The van der Waals surface area contributed by atoms with Crippen molar-refractivity contribution in [2.75, 3.05) is 0 Å². The van der Waals surface area contributed by atoms with Crippen LogP contribution in [0.5, 0.6) is 0 Å². The highest BCUT2D eigenvalue weighted by Gasteiger charge is 2.27. The maximum absolute atomic E-state index is 5.19. The minimum absolute atomic E-state index is 0.506. The fourth-order valence-electron chi connectivity index (χ4n) is 1.59. The van der Waals surface area contributed by atoms with Gasteiger partial charge in [-0.05, 0) is 25.1 Å². The van der Waals surface area contributed by atoms with Gasteiger partial charge in [0.1, 0.15) is 6.33 Å². The highest BCUT2D eigenvalue weighted by molar-refractivity contribution is 7.71. The van der Waals surface area contributed by atoms with Crippen LogP contribution in [0, 0.1) is 4.77 Å². The molecule has 1 aliphatic rings. The van der Waals surface area contributed by atoms with Crippen LogP contribution in [0.1, 0.15) is 18.9 Å². The maximum atomic E-state index is 5.19. The first kappa shape index (κ1) is 8.72. The predicted octanol–water partition coefficient (Wildman–Crippen LogP) is 1.73. The lowest BCUT2D eigenvalue weighted by Crippen LogP contribution is -1.98. The first-order valence-corrected chi connectivity index (χ1v) is 5.19. The van der Waals surface area contributed by atoms with E-state index in [2.05, 4.69) is 20.2 Å². The highest BCUT2D eigenvalue weighted by atomic mass is 32.1. The van der Waals surface area contributed by atoms with Gasteiger partial charge in [-0.1, -0.05) is 0 Å². The Morgan fingerprint density at radius 2 is 2.07 bits per heavy atom. The fraction of sp³-hybridized carbons (Fsp3) is 0.333. The Morgan fingerprint density at radius 3 is 2.73 bits per heavy atom. The Bertz CT molecular complexity index is 525. The molecule has 1 N–H and O–H groups in total. The van der Waals surface area contributed by atoms with Crippen LogP contribution >= 0.6 is 12.2 Å². The molecule has 2 heterocycles. The quantitative estimate of drug-likeness (QED) is 0.781. The summed E-state index contributed by atoms with van der Waals surface area (Å²) < 4.78 is 2.73. The Balaban J connectivity index is 2.16. The molecule has 6 heteroatoms. The van der Waals surface area contributed by atoms with Crippen molar-refractivity contribution in [2.45, 2.75) is 18.9 Å². The third kappa shape index (κ3) is 1.46. The second-order valence-corrected chi connectivity index (χ2v) is 3.97. The van der Waals surface area contributed by atoms with E-state index in [9.17, 15) is 0 Å². The molecule has 76 valence electrons. The van der Waals surface area contributed by atoms with E-state index in [1.165, 1.54) is 19.2 Å². The van der Waals surface area contributed by atoms with Crippen LogP contribution in [0.2, 0.25) is 0 Å². The molecular weight excluding hydrogens is 210 g/mol. The number of nitrogens with one attached hydrogen (secondary N) is 1. The summed E-state index contributed by atoms with van der Waals surface area (Å²) >= 11 is 5.19. The number of hydrogen-bond donors (Lipinski definition) is 1. The van der Waals surface area contributed by atoms with Gasteiger partial charge in [-0.3, -0.25) is 9.67 Å². The SMILES string of the molecule is S=c1[nH]nc(-c2cncnc2)n1C1CC1. The van der Waals surface area contributed by atoms with E-state index in [0.717, 1.165) is 11.4 Å². The summed E-state index contributed by atoms with van der Waals surface area (Å²) in [5.41, 5.74) is 0.900. The summed E-state index contributed by atoms with van der Waals surface area (Å²) in [5, 5.41) is 7.03. The van der Waals surface area contributed by atoms with Crippen LogP contribution in [0.3, 0.4) is 0 Å². The summed E-state index contributed by atoms with van der Waals surface area (Å²) in [6.45, 7) is 0. The lowest BCUT2D eigenvalue weighted by atomic mass is 10.3. The highest BCUT2D eigenvalue weighted by Crippen LogP contribution is 2.37. The van der Waals surface area contributed by atoms with Crippen molar-refractivity contribution >= 4 is 12.2 Å². The standard InChI is InChI=1S/C9H9N5S/c15-9-13-12-8(14(9)7-1-2-7)6-3-10-5-11-4-6/h3-5,7H,1-2H2,(H,13,15). The number of aromatic nitrogens is 5. The van der Waals surface area contributed by atoms with Crippen molar-refractivity contribution in [3.05, 3.63) is 23.5 Å². The van der Waals surface area contributed by atoms with Crippen molar-refractivity contribution in [3.8, 4) is 11.4 Å². The monoisotopic (exact) mass is 219 g/mol. The van der Waals surface area contributed by atoms with E-state index in [1.54, 1.807) is 12.4 Å². The third-order valence-electron chi connectivity index (χ3n) is 2.44. The molecule has 0 spiro atoms. The van der Waals surface area contributed by atoms with Crippen molar-refractivity contribution in [3.63, 3.8) is 0 Å². The largest absolute Gasteiger partial charge is 0.297 e. The van der Waals surface area contributed by atoms with Gasteiger partial charge in [0.05, 0.1) is 5.56 Å². The number of aromatic amines is 1. The van der Waals surface area contributed by atoms with E-state index < -0.39 is 0 Å². The van der Waals surface area contributed by atoms with Gasteiger partial charge < -0.3 is 0 Å². The Hall–Kier alpha value is -1.56. The molecule has 1 aliphatic carbocycles. The molecular formula is C9H9N5S. The van der Waals surface area contributed by atoms with Crippen molar-refractivity contribution in [1.29, 1.82) is 0 Å². The van der Waals surface area contributed by atoms with Gasteiger partial charge >= 0.3 is 0 Å². The van der Waals surface area contributed by atoms with Gasteiger partial charge in [0.2, 0.25) is 0 Å². The molecule has 5 nitrogen and oxygen atoms in total. The third-order valence-corrected chi connectivity index (χ3v) is 2.72. The summed E-state index contributed by atoms with van der Waals surface area (Å²) in [4.78, 5) is 7.96. The number of rotatable bonds is 2. The summed E-state index contributed by atoms with van der Waals surface area (Å²) in [6.07, 6.45) is 7.35. The van der Waals surface area contributed by atoms with Gasteiger partial charge in [-0.15, -0.1) is 0 Å². The van der Waals surface area contributed by atoms with E-state index in [-0.39, 0.29) is 0 Å². The zero-order chi connectivity index (χ0) is 10.3. The van der Waals surface area contributed by atoms with Crippen LogP contribution in [-0.2, 0) is 0 Å². The van der Waals surface area contributed by atoms with E-state index in [4.69, 9.17) is 12.2 Å². The molecule has 0 bridgehead atoms. The maximum Gasteiger partial charge on any atom is 0.195 e. The first-order chi connectivity index (χ1) is 7.36. The fourth-order valence-corrected chi connectivity index (χ4v) is 1.88. The average molecular weight is 219 g/mol. The van der Waals surface area contributed by atoms with E-state index >= 15 is 0 Å². The number of H-pyrrole nitrogens is 1. The minimum atomic E-state index is 0.506. The second-order valence-electron chi connectivity index (χ2n) is 3.58. The molecule has 0 aliphatic heterocycles. The molecule has 0 amide bonds. The molecule has 0 saturated heterocycles. The minimum Gasteiger partial charge on any atom is -0.297 e. The molecule has 0 radical (unpaired) electrons. The zero-order valence-electron chi connectivity index (χ0n) is 7.92. The average Bonchev–Trinajstić information content (AvgIpc) is 3.03. The second kappa shape index (κ2) is 3.23. The van der Waals surface area contributed by atoms with E-state index in [0.29, 0.717) is 10.8 Å². The molecule has 2 aromatic rings. The van der Waals surface area contributed by atoms with Crippen LogP contribution in [0.4, 0.5) is 0 Å². The molecule has 0 unspecified atom stereocenters. The molecule has 1 fully saturated rings. The van der Waals surface area contributed by atoms with Crippen molar-refractivity contribution in [2.24, 2.45) is 0 Å². The predicted molar refractivity (Wildman–Crippen MR) is 56.7 cm³/mol. The van der Waals surface area contributed by atoms with Gasteiger partial charge in [-0.2, -0.15) is 5.10 Å². The van der Waals surface area contributed by atoms with Gasteiger partial charge in [0.15, 0.2) is 10.6 Å². The molecule has 0 aromatic carbocycles. The normalized spacial score (nSPS) is 15.5. The first-order valence-electron chi connectivity index (χ1n) is 4.78. The smallest absolute Gasteiger partial charge is 0.195 e. The Labute approximate surface area is 91.2 Å². The number of hydrogen-bond acceptors (Lipinski definition) is 4. The summed E-state index contributed by atoms with van der Waals surface area (Å²) in [7, 11) is 0. The topological polar surface area (TPSA) is 59.4 Å².